The highest BCUT2D eigenvalue weighted by molar-refractivity contribution is 7.92. The maximum atomic E-state index is 13.0. The van der Waals surface area contributed by atoms with Gasteiger partial charge in [0.25, 0.3) is 15.9 Å². The molecule has 6 nitrogen and oxygen atoms in total. The molecule has 0 aliphatic carbocycles. The van der Waals surface area contributed by atoms with E-state index in [2.05, 4.69) is 10.0 Å². The van der Waals surface area contributed by atoms with Crippen LogP contribution in [0.5, 0.6) is 0 Å². The number of carbonyl (C=O) groups is 1. The third-order valence-electron chi connectivity index (χ3n) is 3.65. The second-order valence-corrected chi connectivity index (χ2v) is 7.60. The van der Waals surface area contributed by atoms with E-state index in [0.29, 0.717) is 12.2 Å². The van der Waals surface area contributed by atoms with Gasteiger partial charge in [-0.15, -0.1) is 0 Å². The Bertz CT molecular complexity index is 883. The number of rotatable bonds is 7. The number of nitrogens with one attached hydrogen (secondary N) is 2. The van der Waals surface area contributed by atoms with Crippen molar-refractivity contribution in [1.82, 2.24) is 5.32 Å². The zero-order chi connectivity index (χ0) is 19.3. The molecule has 140 valence electrons. The summed E-state index contributed by atoms with van der Waals surface area (Å²) in [5, 5.41) is 2.75. The van der Waals surface area contributed by atoms with Crippen LogP contribution < -0.4 is 10.0 Å². The number of hydrogen-bond donors (Lipinski definition) is 2. The first-order valence-electron chi connectivity index (χ1n) is 7.92. The lowest BCUT2D eigenvalue weighted by Crippen LogP contribution is -2.36. The number of sulfonamides is 1. The van der Waals surface area contributed by atoms with E-state index in [0.717, 1.165) is 12.1 Å². The van der Waals surface area contributed by atoms with Gasteiger partial charge in [-0.05, 0) is 55.8 Å². The van der Waals surface area contributed by atoms with Crippen LogP contribution in [-0.4, -0.2) is 34.1 Å². The molecule has 1 amide bonds. The Morgan fingerprint density at radius 3 is 2.46 bits per heavy atom. The second-order valence-electron chi connectivity index (χ2n) is 5.92. The van der Waals surface area contributed by atoms with Crippen molar-refractivity contribution in [3.05, 3.63) is 59.4 Å². The van der Waals surface area contributed by atoms with Crippen LogP contribution in [0.25, 0.3) is 0 Å². The molecule has 0 radical (unpaired) electrons. The standard InChI is InChI=1S/C18H21FN2O4S/c1-12-4-9-16(10-17(12)18(22)20-13(2)11-25-3)26(23,24)21-15-7-5-14(19)6-8-15/h4-10,13,21H,11H2,1-3H3,(H,20,22)/t13-/m1/s1. The number of hydrogen-bond acceptors (Lipinski definition) is 4. The first kappa shape index (κ1) is 19.9. The smallest absolute Gasteiger partial charge is 0.261 e. The summed E-state index contributed by atoms with van der Waals surface area (Å²) in [4.78, 5) is 12.3. The summed E-state index contributed by atoms with van der Waals surface area (Å²) in [6.45, 7) is 3.85. The topological polar surface area (TPSA) is 84.5 Å². The highest BCUT2D eigenvalue weighted by Crippen LogP contribution is 2.19. The van der Waals surface area contributed by atoms with Gasteiger partial charge in [-0.1, -0.05) is 6.07 Å². The zero-order valence-electron chi connectivity index (χ0n) is 14.7. The molecule has 2 N–H and O–H groups in total. The molecule has 2 aromatic rings. The summed E-state index contributed by atoms with van der Waals surface area (Å²) in [7, 11) is -2.38. The predicted octanol–water partition coefficient (Wildman–Crippen LogP) is 2.70. The second kappa shape index (κ2) is 8.29. The number of aryl methyl sites for hydroxylation is 1. The summed E-state index contributed by atoms with van der Waals surface area (Å²) >= 11 is 0. The van der Waals surface area contributed by atoms with E-state index < -0.39 is 15.8 Å². The molecule has 0 aliphatic heterocycles. The molecule has 0 saturated heterocycles. The Morgan fingerprint density at radius 1 is 1.19 bits per heavy atom. The summed E-state index contributed by atoms with van der Waals surface area (Å²) in [6, 6.07) is 9.03. The fourth-order valence-corrected chi connectivity index (χ4v) is 3.42. The van der Waals surface area contributed by atoms with Gasteiger partial charge in [0.05, 0.1) is 11.5 Å². The summed E-state index contributed by atoms with van der Waals surface area (Å²) in [6.07, 6.45) is 0. The average molecular weight is 380 g/mol. The van der Waals surface area contributed by atoms with Crippen molar-refractivity contribution in [2.24, 2.45) is 0 Å². The van der Waals surface area contributed by atoms with E-state index in [1.54, 1.807) is 19.9 Å². The SMILES string of the molecule is COC[C@@H](C)NC(=O)c1cc(S(=O)(=O)Nc2ccc(F)cc2)ccc1C. The largest absolute Gasteiger partial charge is 0.383 e. The molecule has 0 bridgehead atoms. The molecular weight excluding hydrogens is 359 g/mol. The molecule has 1 atom stereocenters. The minimum absolute atomic E-state index is 0.0584. The van der Waals surface area contributed by atoms with Crippen LogP contribution >= 0.6 is 0 Å². The third kappa shape index (κ3) is 5.03. The fourth-order valence-electron chi connectivity index (χ4n) is 2.34. The lowest BCUT2D eigenvalue weighted by atomic mass is 10.1. The van der Waals surface area contributed by atoms with E-state index in [9.17, 15) is 17.6 Å². The first-order valence-corrected chi connectivity index (χ1v) is 9.40. The van der Waals surface area contributed by atoms with Crippen LogP contribution in [0.2, 0.25) is 0 Å². The van der Waals surface area contributed by atoms with Crippen molar-refractivity contribution < 1.29 is 22.3 Å². The average Bonchev–Trinajstić information content (AvgIpc) is 2.57. The number of anilines is 1. The molecule has 2 rings (SSSR count). The molecule has 0 aliphatic rings. The molecule has 0 spiro atoms. The Kier molecular flexibility index (Phi) is 6.33. The summed E-state index contributed by atoms with van der Waals surface area (Å²) < 4.78 is 45.4. The minimum Gasteiger partial charge on any atom is -0.383 e. The maximum absolute atomic E-state index is 13.0. The van der Waals surface area contributed by atoms with Gasteiger partial charge in [0, 0.05) is 24.4 Å². The molecule has 0 unspecified atom stereocenters. The normalized spacial score (nSPS) is 12.5. The number of benzene rings is 2. The highest BCUT2D eigenvalue weighted by Gasteiger charge is 2.19. The van der Waals surface area contributed by atoms with Gasteiger partial charge >= 0.3 is 0 Å². The third-order valence-corrected chi connectivity index (χ3v) is 5.03. The molecule has 0 fully saturated rings. The minimum atomic E-state index is -3.91. The summed E-state index contributed by atoms with van der Waals surface area (Å²) in [5.41, 5.74) is 1.13. The van der Waals surface area contributed by atoms with Crippen molar-refractivity contribution in [3.63, 3.8) is 0 Å². The van der Waals surface area contributed by atoms with Gasteiger partial charge in [0.15, 0.2) is 0 Å². The lowest BCUT2D eigenvalue weighted by molar-refractivity contribution is 0.0904. The van der Waals surface area contributed by atoms with Crippen LogP contribution in [0.3, 0.4) is 0 Å². The van der Waals surface area contributed by atoms with Crippen molar-refractivity contribution in [2.45, 2.75) is 24.8 Å². The van der Waals surface area contributed by atoms with Crippen LogP contribution in [0.15, 0.2) is 47.4 Å². The molecule has 0 aromatic heterocycles. The molecule has 8 heteroatoms. The molecular formula is C18H21FN2O4S. The number of amides is 1. The molecule has 26 heavy (non-hydrogen) atoms. The van der Waals surface area contributed by atoms with Gasteiger partial charge < -0.3 is 10.1 Å². The Hall–Kier alpha value is -2.45. The van der Waals surface area contributed by atoms with Crippen molar-refractivity contribution in [3.8, 4) is 0 Å². The van der Waals surface area contributed by atoms with Crippen molar-refractivity contribution in [2.75, 3.05) is 18.4 Å². The summed E-state index contributed by atoms with van der Waals surface area (Å²) in [5.74, 6) is -0.849. The van der Waals surface area contributed by atoms with E-state index in [-0.39, 0.29) is 28.1 Å². The molecule has 0 saturated carbocycles. The Labute approximate surface area is 152 Å². The van der Waals surface area contributed by atoms with Crippen LogP contribution in [0, 0.1) is 12.7 Å². The van der Waals surface area contributed by atoms with Crippen molar-refractivity contribution >= 4 is 21.6 Å². The molecule has 0 heterocycles. The van der Waals surface area contributed by atoms with Crippen molar-refractivity contribution in [1.29, 1.82) is 0 Å². The molecule has 2 aromatic carbocycles. The first-order chi connectivity index (χ1) is 12.2. The van der Waals surface area contributed by atoms with Crippen LogP contribution in [0.4, 0.5) is 10.1 Å². The Morgan fingerprint density at radius 2 is 1.85 bits per heavy atom. The van der Waals surface area contributed by atoms with E-state index in [4.69, 9.17) is 4.74 Å². The maximum Gasteiger partial charge on any atom is 0.261 e. The Balaban J connectivity index is 2.26. The number of methoxy groups -OCH3 is 1. The van der Waals surface area contributed by atoms with Gasteiger partial charge in [-0.2, -0.15) is 0 Å². The van der Waals surface area contributed by atoms with Gasteiger partial charge in [0.2, 0.25) is 0 Å². The predicted molar refractivity (Wildman–Crippen MR) is 97.2 cm³/mol. The quantitative estimate of drug-likeness (QED) is 0.774. The number of carbonyl (C=O) groups excluding carboxylic acids is 1. The highest BCUT2D eigenvalue weighted by atomic mass is 32.2. The van der Waals surface area contributed by atoms with E-state index in [1.165, 1.54) is 31.4 Å². The number of ether oxygens (including phenoxy) is 1. The van der Waals surface area contributed by atoms with Crippen LogP contribution in [-0.2, 0) is 14.8 Å². The van der Waals surface area contributed by atoms with Gasteiger partial charge in [-0.3, -0.25) is 9.52 Å². The monoisotopic (exact) mass is 380 g/mol. The van der Waals surface area contributed by atoms with Gasteiger partial charge in [-0.25, -0.2) is 12.8 Å². The van der Waals surface area contributed by atoms with E-state index >= 15 is 0 Å². The van der Waals surface area contributed by atoms with Gasteiger partial charge in [0.1, 0.15) is 5.82 Å². The lowest BCUT2D eigenvalue weighted by Gasteiger charge is -2.15. The van der Waals surface area contributed by atoms with Crippen LogP contribution in [0.1, 0.15) is 22.8 Å². The van der Waals surface area contributed by atoms with E-state index in [1.807, 2.05) is 0 Å². The fraction of sp³-hybridized carbons (Fsp3) is 0.278. The zero-order valence-corrected chi connectivity index (χ0v) is 15.6. The number of halogens is 1.